The van der Waals surface area contributed by atoms with Gasteiger partial charge in [0.25, 0.3) is 11.3 Å². The van der Waals surface area contributed by atoms with Crippen molar-refractivity contribution in [3.05, 3.63) is 127 Å². The van der Waals surface area contributed by atoms with Gasteiger partial charge in [-0.15, -0.1) is 0 Å². The fourth-order valence-corrected chi connectivity index (χ4v) is 4.57. The van der Waals surface area contributed by atoms with Gasteiger partial charge in [0, 0.05) is 29.6 Å². The Hall–Kier alpha value is -4.53. The summed E-state index contributed by atoms with van der Waals surface area (Å²) in [6, 6.07) is 34.8. The van der Waals surface area contributed by atoms with Crippen LogP contribution in [0, 0.1) is 6.92 Å². The number of carbonyl (C=O) groups excluding carboxylic acids is 1. The van der Waals surface area contributed by atoms with E-state index in [0.29, 0.717) is 12.2 Å². The van der Waals surface area contributed by atoms with Gasteiger partial charge in [-0.1, -0.05) is 90.5 Å². The molecule has 4 aromatic carbocycles. The summed E-state index contributed by atoms with van der Waals surface area (Å²) in [6.45, 7) is 1.94. The SMILES string of the molecule is Cc1ccc(OC(=O)N(CCc2ccc(-n3cc(-c4ccccc4)nc3-c3ccccc3)cc2)S(=O)O)cc1. The molecule has 8 heteroatoms. The molecule has 0 fully saturated rings. The number of nitrogens with zero attached hydrogens (tertiary/aromatic N) is 3. The molecule has 5 rings (SSSR count). The summed E-state index contributed by atoms with van der Waals surface area (Å²) >= 11 is -2.51. The molecule has 0 aliphatic carbocycles. The zero-order valence-corrected chi connectivity index (χ0v) is 22.1. The zero-order chi connectivity index (χ0) is 27.2. The summed E-state index contributed by atoms with van der Waals surface area (Å²) in [4.78, 5) is 17.5. The Kier molecular flexibility index (Phi) is 7.96. The number of imidazole rings is 1. The van der Waals surface area contributed by atoms with Gasteiger partial charge in [-0.2, -0.15) is 0 Å². The average molecular weight is 538 g/mol. The van der Waals surface area contributed by atoms with Crippen molar-refractivity contribution in [1.29, 1.82) is 0 Å². The van der Waals surface area contributed by atoms with E-state index in [2.05, 4.69) is 4.57 Å². The number of aromatic nitrogens is 2. The molecule has 0 aliphatic heterocycles. The van der Waals surface area contributed by atoms with E-state index in [-0.39, 0.29) is 6.54 Å². The molecule has 1 aromatic heterocycles. The summed E-state index contributed by atoms with van der Waals surface area (Å²) in [6.07, 6.45) is 1.51. The van der Waals surface area contributed by atoms with Crippen molar-refractivity contribution in [2.75, 3.05) is 6.54 Å². The third kappa shape index (κ3) is 6.31. The Morgan fingerprint density at radius 1 is 0.872 bits per heavy atom. The zero-order valence-electron chi connectivity index (χ0n) is 21.3. The molecule has 1 N–H and O–H groups in total. The maximum atomic E-state index is 12.5. The van der Waals surface area contributed by atoms with E-state index < -0.39 is 17.4 Å². The largest absolute Gasteiger partial charge is 0.428 e. The molecule has 0 saturated heterocycles. The van der Waals surface area contributed by atoms with Crippen LogP contribution in [0.2, 0.25) is 0 Å². The third-order valence-corrected chi connectivity index (χ3v) is 6.95. The highest BCUT2D eigenvalue weighted by atomic mass is 32.2. The standard InChI is InChI=1S/C31H27N3O4S/c1-23-12-18-28(19-13-23)38-31(35)34(39(36)37)21-20-24-14-16-27(17-15-24)33-22-29(25-8-4-2-5-9-25)32-30(33)26-10-6-3-7-11-26/h2-19,22H,20-21H2,1H3,(H,36,37). The van der Waals surface area contributed by atoms with Crippen LogP contribution in [0.1, 0.15) is 11.1 Å². The summed E-state index contributed by atoms with van der Waals surface area (Å²) in [5.41, 5.74) is 5.74. The second-order valence-electron chi connectivity index (χ2n) is 8.98. The lowest BCUT2D eigenvalue weighted by atomic mass is 10.1. The molecule has 7 nitrogen and oxygen atoms in total. The van der Waals surface area contributed by atoms with E-state index in [1.54, 1.807) is 24.3 Å². The lowest BCUT2D eigenvalue weighted by Gasteiger charge is -2.17. The van der Waals surface area contributed by atoms with Crippen molar-refractivity contribution >= 4 is 17.4 Å². The molecule has 1 amide bonds. The maximum absolute atomic E-state index is 12.5. The van der Waals surface area contributed by atoms with E-state index in [1.807, 2.05) is 98.0 Å². The quantitative estimate of drug-likeness (QED) is 0.223. The number of aryl methyl sites for hydroxylation is 1. The van der Waals surface area contributed by atoms with Gasteiger partial charge in [0.2, 0.25) is 0 Å². The first-order valence-electron chi connectivity index (χ1n) is 12.4. The number of hydrogen-bond acceptors (Lipinski definition) is 4. The number of benzene rings is 4. The molecule has 0 saturated carbocycles. The van der Waals surface area contributed by atoms with Crippen molar-refractivity contribution in [2.45, 2.75) is 13.3 Å². The fourth-order valence-electron chi connectivity index (χ4n) is 4.16. The van der Waals surface area contributed by atoms with Crippen LogP contribution in [0.15, 0.2) is 115 Å². The molecule has 0 spiro atoms. The lowest BCUT2D eigenvalue weighted by Crippen LogP contribution is -2.36. The van der Waals surface area contributed by atoms with Crippen molar-refractivity contribution in [3.63, 3.8) is 0 Å². The Bertz CT molecular complexity index is 1570. The second-order valence-corrected chi connectivity index (χ2v) is 9.88. The number of carbonyl (C=O) groups is 1. The van der Waals surface area contributed by atoms with Crippen molar-refractivity contribution in [1.82, 2.24) is 13.9 Å². The van der Waals surface area contributed by atoms with Gasteiger partial charge in [0.05, 0.1) is 5.69 Å². The normalized spacial score (nSPS) is 11.6. The van der Waals surface area contributed by atoms with Crippen LogP contribution in [0.5, 0.6) is 5.75 Å². The van der Waals surface area contributed by atoms with Gasteiger partial charge in [0.1, 0.15) is 11.6 Å². The molecule has 196 valence electrons. The van der Waals surface area contributed by atoms with Crippen molar-refractivity contribution in [2.24, 2.45) is 0 Å². The highest BCUT2D eigenvalue weighted by Crippen LogP contribution is 2.28. The Morgan fingerprint density at radius 2 is 1.49 bits per heavy atom. The van der Waals surface area contributed by atoms with Gasteiger partial charge in [-0.25, -0.2) is 18.3 Å². The van der Waals surface area contributed by atoms with E-state index in [9.17, 15) is 13.6 Å². The number of hydrogen-bond donors (Lipinski definition) is 1. The van der Waals surface area contributed by atoms with E-state index in [0.717, 1.165) is 43.8 Å². The van der Waals surface area contributed by atoms with Crippen molar-refractivity contribution < 1.29 is 18.3 Å². The van der Waals surface area contributed by atoms with E-state index in [4.69, 9.17) is 9.72 Å². The first-order valence-corrected chi connectivity index (χ1v) is 13.5. The second kappa shape index (κ2) is 11.9. The maximum Gasteiger partial charge on any atom is 0.428 e. The van der Waals surface area contributed by atoms with Gasteiger partial charge in [-0.3, -0.25) is 9.12 Å². The topological polar surface area (TPSA) is 84.7 Å². The lowest BCUT2D eigenvalue weighted by molar-refractivity contribution is 0.178. The predicted octanol–water partition coefficient (Wildman–Crippen LogP) is 6.69. The minimum atomic E-state index is -2.51. The van der Waals surface area contributed by atoms with Crippen LogP contribution in [0.25, 0.3) is 28.3 Å². The molecule has 39 heavy (non-hydrogen) atoms. The van der Waals surface area contributed by atoms with Crippen molar-refractivity contribution in [3.8, 4) is 34.1 Å². The summed E-state index contributed by atoms with van der Waals surface area (Å²) < 4.78 is 29.7. The first-order chi connectivity index (χ1) is 19.0. The van der Waals surface area contributed by atoms with Crippen LogP contribution in [-0.4, -0.2) is 35.3 Å². The Balaban J connectivity index is 1.34. The molecule has 0 radical (unpaired) electrons. The summed E-state index contributed by atoms with van der Waals surface area (Å²) in [5, 5.41) is 0. The third-order valence-electron chi connectivity index (χ3n) is 6.24. The molecular weight excluding hydrogens is 510 g/mol. The summed E-state index contributed by atoms with van der Waals surface area (Å²) in [5.74, 6) is 1.14. The molecule has 0 bridgehead atoms. The van der Waals surface area contributed by atoms with Gasteiger partial charge in [-0.05, 0) is 43.2 Å². The van der Waals surface area contributed by atoms with Crippen LogP contribution < -0.4 is 4.74 Å². The van der Waals surface area contributed by atoms with Gasteiger partial charge in [0.15, 0.2) is 0 Å². The minimum absolute atomic E-state index is 0.0195. The molecule has 0 aliphatic rings. The van der Waals surface area contributed by atoms with Crippen LogP contribution >= 0.6 is 0 Å². The molecule has 1 unspecified atom stereocenters. The van der Waals surface area contributed by atoms with Crippen LogP contribution in [0.4, 0.5) is 4.79 Å². The monoisotopic (exact) mass is 537 g/mol. The molecule has 1 atom stereocenters. The van der Waals surface area contributed by atoms with E-state index >= 15 is 0 Å². The summed E-state index contributed by atoms with van der Waals surface area (Å²) in [7, 11) is 0. The van der Waals surface area contributed by atoms with Gasteiger partial charge >= 0.3 is 6.09 Å². The first kappa shape index (κ1) is 26.1. The smallest absolute Gasteiger partial charge is 0.410 e. The van der Waals surface area contributed by atoms with Crippen LogP contribution in [0.3, 0.4) is 0 Å². The fraction of sp³-hybridized carbons (Fsp3) is 0.0968. The highest BCUT2D eigenvalue weighted by molar-refractivity contribution is 7.77. The molecule has 1 heterocycles. The number of rotatable bonds is 8. The number of ether oxygens (including phenoxy) is 1. The predicted molar refractivity (Wildman–Crippen MR) is 153 cm³/mol. The van der Waals surface area contributed by atoms with Crippen LogP contribution in [-0.2, 0) is 17.7 Å². The molecule has 5 aromatic rings. The van der Waals surface area contributed by atoms with Gasteiger partial charge < -0.3 is 4.74 Å². The highest BCUT2D eigenvalue weighted by Gasteiger charge is 2.21. The minimum Gasteiger partial charge on any atom is -0.410 e. The number of amides is 1. The average Bonchev–Trinajstić information content (AvgIpc) is 3.41. The van der Waals surface area contributed by atoms with E-state index in [1.165, 1.54) is 0 Å². The molecular formula is C31H27N3O4S. The Labute approximate surface area is 229 Å². The Morgan fingerprint density at radius 3 is 2.10 bits per heavy atom.